The largest absolute Gasteiger partial charge is 0.493 e. The van der Waals surface area contributed by atoms with Crippen LogP contribution in [0.2, 0.25) is 0 Å². The minimum Gasteiger partial charge on any atom is -0.493 e. The lowest BCUT2D eigenvalue weighted by Gasteiger charge is -2.30. The van der Waals surface area contributed by atoms with E-state index in [0.29, 0.717) is 17.7 Å². The Bertz CT molecular complexity index is 1020. The Morgan fingerprint density at radius 2 is 2.03 bits per heavy atom. The number of nitrogens with zero attached hydrogens (tertiary/aromatic N) is 4. The van der Waals surface area contributed by atoms with Crippen molar-refractivity contribution in [3.63, 3.8) is 0 Å². The first-order valence-electron chi connectivity index (χ1n) is 9.80. The molecular formula is C22H25N5O2. The lowest BCUT2D eigenvalue weighted by Crippen LogP contribution is -2.35. The van der Waals surface area contributed by atoms with Crippen LogP contribution in [0.3, 0.4) is 0 Å². The molecule has 1 aliphatic carbocycles. The van der Waals surface area contributed by atoms with Gasteiger partial charge in [0.05, 0.1) is 5.69 Å². The van der Waals surface area contributed by atoms with Crippen LogP contribution < -0.4 is 5.32 Å². The summed E-state index contributed by atoms with van der Waals surface area (Å²) in [5, 5.41) is 18.1. The molecule has 1 unspecified atom stereocenters. The molecule has 0 fully saturated rings. The number of aromatic hydroxyl groups is 1. The van der Waals surface area contributed by atoms with E-state index in [9.17, 15) is 9.90 Å². The molecule has 2 heterocycles. The highest BCUT2D eigenvalue weighted by Crippen LogP contribution is 2.32. The van der Waals surface area contributed by atoms with Gasteiger partial charge in [-0.2, -0.15) is 9.78 Å². The fraction of sp³-hybridized carbons (Fsp3) is 0.318. The molecule has 4 rings (SSSR count). The molecule has 2 aromatic heterocycles. The Kier molecular flexibility index (Phi) is 5.31. The van der Waals surface area contributed by atoms with Crippen molar-refractivity contribution in [3.05, 3.63) is 65.4 Å². The number of nitrogens with one attached hydrogen (secondary N) is 1. The quantitative estimate of drug-likeness (QED) is 0.699. The van der Waals surface area contributed by atoms with Gasteiger partial charge in [-0.25, -0.2) is 4.98 Å². The van der Waals surface area contributed by atoms with Gasteiger partial charge in [0.2, 0.25) is 11.8 Å². The van der Waals surface area contributed by atoms with Crippen LogP contribution in [0.4, 0.5) is 5.82 Å². The van der Waals surface area contributed by atoms with Crippen LogP contribution in [-0.2, 0) is 24.2 Å². The van der Waals surface area contributed by atoms with Gasteiger partial charge in [0.25, 0.3) is 0 Å². The molecule has 2 N–H and O–H groups in total. The van der Waals surface area contributed by atoms with Gasteiger partial charge in [0.1, 0.15) is 5.82 Å². The van der Waals surface area contributed by atoms with E-state index in [2.05, 4.69) is 51.6 Å². The van der Waals surface area contributed by atoms with Gasteiger partial charge in [0.15, 0.2) is 5.82 Å². The molecule has 0 radical (unpaired) electrons. The number of fused-ring (bicyclic) bond motifs is 1. The molecule has 7 nitrogen and oxygen atoms in total. The van der Waals surface area contributed by atoms with E-state index in [1.165, 1.54) is 17.2 Å². The van der Waals surface area contributed by atoms with Gasteiger partial charge < -0.3 is 10.4 Å². The van der Waals surface area contributed by atoms with Gasteiger partial charge in [-0.15, -0.1) is 0 Å². The van der Waals surface area contributed by atoms with E-state index >= 15 is 0 Å². The molecule has 7 heteroatoms. The van der Waals surface area contributed by atoms with E-state index < -0.39 is 0 Å². The maximum atomic E-state index is 11.3. The number of anilines is 1. The SMILES string of the molecule is CC(=O)Nc1cccc(-n2nc3c(c2O)CC(N(C)Cc2ccccc2)CC3)n1. The molecule has 0 bridgehead atoms. The van der Waals surface area contributed by atoms with Gasteiger partial charge in [0, 0.05) is 25.1 Å². The molecule has 0 spiro atoms. The predicted octanol–water partition coefficient (Wildman–Crippen LogP) is 2.92. The lowest BCUT2D eigenvalue weighted by molar-refractivity contribution is -0.114. The number of benzene rings is 1. The summed E-state index contributed by atoms with van der Waals surface area (Å²) in [7, 11) is 2.13. The van der Waals surface area contributed by atoms with Crippen molar-refractivity contribution in [2.45, 2.75) is 38.8 Å². The molecule has 1 amide bonds. The third-order valence-corrected chi connectivity index (χ3v) is 5.35. The first-order valence-corrected chi connectivity index (χ1v) is 9.80. The number of carbonyl (C=O) groups is 1. The van der Waals surface area contributed by atoms with E-state index in [1.807, 2.05) is 6.07 Å². The van der Waals surface area contributed by atoms with Crippen LogP contribution in [0.5, 0.6) is 5.88 Å². The molecule has 1 aliphatic rings. The first kappa shape index (κ1) is 19.1. The Balaban J connectivity index is 1.54. The van der Waals surface area contributed by atoms with Crippen molar-refractivity contribution in [1.29, 1.82) is 0 Å². The number of likely N-dealkylation sites (N-methyl/N-ethyl adjacent to an activating group) is 1. The lowest BCUT2D eigenvalue weighted by atomic mass is 9.92. The van der Waals surface area contributed by atoms with Crippen LogP contribution in [-0.4, -0.2) is 43.8 Å². The summed E-state index contributed by atoms with van der Waals surface area (Å²) < 4.78 is 1.47. The molecule has 29 heavy (non-hydrogen) atoms. The number of rotatable bonds is 5. The summed E-state index contributed by atoms with van der Waals surface area (Å²) in [6, 6.07) is 16.0. The smallest absolute Gasteiger partial charge is 0.222 e. The highest BCUT2D eigenvalue weighted by molar-refractivity contribution is 5.87. The second-order valence-corrected chi connectivity index (χ2v) is 7.52. The Labute approximate surface area is 170 Å². The minimum absolute atomic E-state index is 0.130. The van der Waals surface area contributed by atoms with Crippen molar-refractivity contribution < 1.29 is 9.90 Å². The van der Waals surface area contributed by atoms with Gasteiger partial charge >= 0.3 is 0 Å². The minimum atomic E-state index is -0.192. The van der Waals surface area contributed by atoms with Crippen molar-refractivity contribution in [1.82, 2.24) is 19.7 Å². The fourth-order valence-electron chi connectivity index (χ4n) is 3.86. The van der Waals surface area contributed by atoms with Crippen LogP contribution in [0.1, 0.15) is 30.2 Å². The zero-order valence-corrected chi connectivity index (χ0v) is 16.7. The van der Waals surface area contributed by atoms with Crippen LogP contribution in [0.15, 0.2) is 48.5 Å². The Hall–Kier alpha value is -3.19. The second kappa shape index (κ2) is 8.05. The number of amides is 1. The van der Waals surface area contributed by atoms with Crippen molar-refractivity contribution in [2.24, 2.45) is 0 Å². The average Bonchev–Trinajstić information content (AvgIpc) is 3.04. The molecule has 150 valence electrons. The highest BCUT2D eigenvalue weighted by atomic mass is 16.3. The monoisotopic (exact) mass is 391 g/mol. The number of aromatic nitrogens is 3. The molecule has 1 atom stereocenters. The number of pyridine rings is 1. The summed E-state index contributed by atoms with van der Waals surface area (Å²) in [6.45, 7) is 2.31. The zero-order valence-electron chi connectivity index (χ0n) is 16.7. The summed E-state index contributed by atoms with van der Waals surface area (Å²) in [4.78, 5) is 18.0. The third kappa shape index (κ3) is 4.14. The van der Waals surface area contributed by atoms with Crippen molar-refractivity contribution in [3.8, 4) is 11.7 Å². The van der Waals surface area contributed by atoms with Gasteiger partial charge in [-0.3, -0.25) is 9.69 Å². The van der Waals surface area contributed by atoms with E-state index in [0.717, 1.165) is 37.1 Å². The predicted molar refractivity (Wildman–Crippen MR) is 111 cm³/mol. The normalized spacial score (nSPS) is 15.9. The average molecular weight is 391 g/mol. The standard InChI is InChI=1S/C22H25N5O2/c1-15(28)23-20-9-6-10-21(24-20)27-22(29)18-13-17(11-12-19(18)25-27)26(2)14-16-7-4-3-5-8-16/h3-10,17,29H,11-14H2,1-2H3,(H,23,24,28). The third-order valence-electron chi connectivity index (χ3n) is 5.35. The van der Waals surface area contributed by atoms with Crippen LogP contribution in [0.25, 0.3) is 5.82 Å². The van der Waals surface area contributed by atoms with Gasteiger partial charge in [-0.1, -0.05) is 36.4 Å². The van der Waals surface area contributed by atoms with Gasteiger partial charge in [-0.05, 0) is 44.0 Å². The van der Waals surface area contributed by atoms with E-state index in [1.54, 1.807) is 18.2 Å². The summed E-state index contributed by atoms with van der Waals surface area (Å²) in [6.07, 6.45) is 2.55. The molecular weight excluding hydrogens is 366 g/mol. The molecule has 0 saturated heterocycles. The number of hydrogen-bond acceptors (Lipinski definition) is 5. The van der Waals surface area contributed by atoms with Crippen LogP contribution in [0, 0.1) is 0 Å². The van der Waals surface area contributed by atoms with E-state index in [-0.39, 0.29) is 11.8 Å². The first-order chi connectivity index (χ1) is 14.0. The van der Waals surface area contributed by atoms with E-state index in [4.69, 9.17) is 0 Å². The molecule has 0 saturated carbocycles. The van der Waals surface area contributed by atoms with Crippen molar-refractivity contribution >= 4 is 11.7 Å². The number of aryl methyl sites for hydroxylation is 1. The maximum absolute atomic E-state index is 11.3. The molecule has 1 aromatic carbocycles. The summed E-state index contributed by atoms with van der Waals surface area (Å²) in [5.41, 5.74) is 3.08. The molecule has 3 aromatic rings. The Morgan fingerprint density at radius 3 is 2.79 bits per heavy atom. The Morgan fingerprint density at radius 1 is 1.24 bits per heavy atom. The summed E-state index contributed by atoms with van der Waals surface area (Å²) in [5.74, 6) is 0.855. The van der Waals surface area contributed by atoms with Crippen molar-refractivity contribution in [2.75, 3.05) is 12.4 Å². The fourth-order valence-corrected chi connectivity index (χ4v) is 3.86. The molecule has 0 aliphatic heterocycles. The zero-order chi connectivity index (χ0) is 20.4. The maximum Gasteiger partial charge on any atom is 0.222 e. The summed E-state index contributed by atoms with van der Waals surface area (Å²) >= 11 is 0. The number of carbonyl (C=O) groups excluding carboxylic acids is 1. The second-order valence-electron chi connectivity index (χ2n) is 7.52. The van der Waals surface area contributed by atoms with Crippen LogP contribution >= 0.6 is 0 Å². The number of hydrogen-bond donors (Lipinski definition) is 2. The topological polar surface area (TPSA) is 83.3 Å². The highest BCUT2D eigenvalue weighted by Gasteiger charge is 2.29.